The van der Waals surface area contributed by atoms with Gasteiger partial charge in [-0.1, -0.05) is 20.3 Å². The molecule has 164 valence electrons. The van der Waals surface area contributed by atoms with Gasteiger partial charge in [-0.25, -0.2) is 9.66 Å². The molecule has 0 saturated heterocycles. The first-order valence-corrected chi connectivity index (χ1v) is 10.4. The number of amides is 1. The highest BCUT2D eigenvalue weighted by atomic mass is 16.5. The summed E-state index contributed by atoms with van der Waals surface area (Å²) in [5.41, 5.74) is 3.01. The Hall–Kier alpha value is -2.61. The number of nitrogens with one attached hydrogen (secondary N) is 1. The summed E-state index contributed by atoms with van der Waals surface area (Å²) in [4.78, 5) is 31.0. The number of rotatable bonds is 7. The predicted octanol–water partition coefficient (Wildman–Crippen LogP) is 2.89. The Morgan fingerprint density at radius 2 is 1.90 bits per heavy atom. The third-order valence-corrected chi connectivity index (χ3v) is 5.59. The van der Waals surface area contributed by atoms with Gasteiger partial charge < -0.3 is 14.2 Å². The molecule has 0 aliphatic heterocycles. The molecule has 1 fully saturated rings. The van der Waals surface area contributed by atoms with E-state index in [2.05, 4.69) is 10.4 Å². The maximum atomic E-state index is 13.3. The van der Waals surface area contributed by atoms with Crippen LogP contribution >= 0.6 is 0 Å². The van der Waals surface area contributed by atoms with Crippen LogP contribution < -0.4 is 20.5 Å². The molecule has 1 aromatic carbocycles. The number of carbonyl (C=O) groups is 1. The topological polar surface area (TPSA) is 91.7 Å². The van der Waals surface area contributed by atoms with Crippen molar-refractivity contribution in [2.75, 3.05) is 26.8 Å². The Morgan fingerprint density at radius 3 is 2.53 bits per heavy atom. The summed E-state index contributed by atoms with van der Waals surface area (Å²) in [6.07, 6.45) is 3.95. The van der Waals surface area contributed by atoms with Gasteiger partial charge in [0.2, 0.25) is 5.91 Å². The van der Waals surface area contributed by atoms with Crippen LogP contribution in [-0.4, -0.2) is 43.0 Å². The lowest BCUT2D eigenvalue weighted by atomic mass is 9.87. The molecule has 8 heteroatoms. The number of ether oxygens (including phenoxy) is 3. The lowest BCUT2D eigenvalue weighted by Gasteiger charge is -2.27. The first kappa shape index (κ1) is 22.1. The lowest BCUT2D eigenvalue weighted by molar-refractivity contribution is -0.123. The Labute approximate surface area is 176 Å². The molecule has 3 rings (SSSR count). The van der Waals surface area contributed by atoms with Gasteiger partial charge in [0, 0.05) is 25.5 Å². The van der Waals surface area contributed by atoms with Gasteiger partial charge in [0.25, 0.3) is 5.56 Å². The highest BCUT2D eigenvalue weighted by Crippen LogP contribution is 2.30. The van der Waals surface area contributed by atoms with Crippen molar-refractivity contribution < 1.29 is 19.0 Å². The molecule has 0 radical (unpaired) electrons. The van der Waals surface area contributed by atoms with Gasteiger partial charge in [0.15, 0.2) is 11.5 Å². The summed E-state index contributed by atoms with van der Waals surface area (Å²) < 4.78 is 17.4. The van der Waals surface area contributed by atoms with E-state index >= 15 is 0 Å². The fraction of sp³-hybridized carbons (Fsp3) is 0.591. The van der Waals surface area contributed by atoms with E-state index in [1.54, 1.807) is 19.2 Å². The fourth-order valence-electron chi connectivity index (χ4n) is 3.97. The standard InChI is InChI=1S/C22H31N3O5/c1-13(2)9-20-23-17-12-19(30-5)18(29-4)11-16(17)22(27)25(20)24-21(26)14-7-6-8-15(10-14)28-3/h11-15H,6-10H2,1-5H3,(H,24,26)/t14-,15-/m1/s1. The van der Waals surface area contributed by atoms with Gasteiger partial charge >= 0.3 is 0 Å². The minimum absolute atomic E-state index is 0.0767. The summed E-state index contributed by atoms with van der Waals surface area (Å²) in [6, 6.07) is 3.29. The van der Waals surface area contributed by atoms with E-state index < -0.39 is 0 Å². The third-order valence-electron chi connectivity index (χ3n) is 5.59. The molecule has 2 aromatic rings. The van der Waals surface area contributed by atoms with Gasteiger partial charge in [-0.2, -0.15) is 0 Å². The van der Waals surface area contributed by atoms with E-state index in [-0.39, 0.29) is 29.4 Å². The molecule has 1 saturated carbocycles. The minimum atomic E-state index is -0.330. The van der Waals surface area contributed by atoms with Crippen molar-refractivity contribution in [1.82, 2.24) is 9.66 Å². The number of methoxy groups -OCH3 is 3. The molecule has 0 spiro atoms. The summed E-state index contributed by atoms with van der Waals surface area (Å²) in [5, 5.41) is 0.360. The molecule has 1 amide bonds. The van der Waals surface area contributed by atoms with E-state index in [1.165, 1.54) is 18.9 Å². The van der Waals surface area contributed by atoms with Gasteiger partial charge in [-0.05, 0) is 31.2 Å². The van der Waals surface area contributed by atoms with Crippen LogP contribution in [0.3, 0.4) is 0 Å². The molecule has 1 aromatic heterocycles. The van der Waals surface area contributed by atoms with E-state index in [9.17, 15) is 9.59 Å². The Bertz CT molecular complexity index is 969. The number of hydrogen-bond donors (Lipinski definition) is 1. The smallest absolute Gasteiger partial charge is 0.280 e. The van der Waals surface area contributed by atoms with E-state index in [0.29, 0.717) is 41.1 Å². The summed E-state index contributed by atoms with van der Waals surface area (Å²) >= 11 is 0. The van der Waals surface area contributed by atoms with Crippen molar-refractivity contribution in [3.63, 3.8) is 0 Å². The normalized spacial score (nSPS) is 19.1. The van der Waals surface area contributed by atoms with Crippen molar-refractivity contribution in [2.24, 2.45) is 11.8 Å². The molecule has 1 N–H and O–H groups in total. The Morgan fingerprint density at radius 1 is 1.20 bits per heavy atom. The maximum Gasteiger partial charge on any atom is 0.280 e. The monoisotopic (exact) mass is 417 g/mol. The molecular formula is C22H31N3O5. The predicted molar refractivity (Wildman–Crippen MR) is 115 cm³/mol. The molecule has 1 heterocycles. The number of nitrogens with zero attached hydrogens (tertiary/aromatic N) is 2. The first-order chi connectivity index (χ1) is 14.4. The van der Waals surface area contributed by atoms with Gasteiger partial charge in [0.1, 0.15) is 5.82 Å². The second kappa shape index (κ2) is 9.47. The first-order valence-electron chi connectivity index (χ1n) is 10.4. The van der Waals surface area contributed by atoms with Crippen LogP contribution in [0.2, 0.25) is 0 Å². The zero-order chi connectivity index (χ0) is 21.8. The lowest BCUT2D eigenvalue weighted by Crippen LogP contribution is -2.41. The summed E-state index contributed by atoms with van der Waals surface area (Å²) in [7, 11) is 4.72. The number of aromatic nitrogens is 2. The molecule has 1 aliphatic rings. The SMILES string of the molecule is COc1cc2nc(CC(C)C)n(NC(=O)[C@@H]3CCC[C@@H](OC)C3)c(=O)c2cc1OC. The fourth-order valence-corrected chi connectivity index (χ4v) is 3.97. The minimum Gasteiger partial charge on any atom is -0.493 e. The zero-order valence-electron chi connectivity index (χ0n) is 18.4. The third kappa shape index (κ3) is 4.59. The second-order valence-corrected chi connectivity index (χ2v) is 8.19. The highest BCUT2D eigenvalue weighted by Gasteiger charge is 2.28. The van der Waals surface area contributed by atoms with E-state index in [1.807, 2.05) is 13.8 Å². The largest absolute Gasteiger partial charge is 0.493 e. The molecule has 0 bridgehead atoms. The van der Waals surface area contributed by atoms with Crippen LogP contribution in [0.5, 0.6) is 11.5 Å². The quantitative estimate of drug-likeness (QED) is 0.745. The summed E-state index contributed by atoms with van der Waals surface area (Å²) in [5.74, 6) is 1.34. The van der Waals surface area contributed by atoms with Crippen LogP contribution in [0.4, 0.5) is 0 Å². The van der Waals surface area contributed by atoms with Crippen molar-refractivity contribution in [1.29, 1.82) is 0 Å². The molecular weight excluding hydrogens is 386 g/mol. The second-order valence-electron chi connectivity index (χ2n) is 8.19. The van der Waals surface area contributed by atoms with Crippen LogP contribution in [-0.2, 0) is 16.0 Å². The highest BCUT2D eigenvalue weighted by molar-refractivity contribution is 5.87. The number of benzene rings is 1. The average molecular weight is 418 g/mol. The molecule has 1 aliphatic carbocycles. The molecule has 8 nitrogen and oxygen atoms in total. The number of carbonyl (C=O) groups excluding carboxylic acids is 1. The van der Waals surface area contributed by atoms with Crippen LogP contribution in [0.15, 0.2) is 16.9 Å². The van der Waals surface area contributed by atoms with Gasteiger partial charge in [-0.15, -0.1) is 0 Å². The van der Waals surface area contributed by atoms with Crippen molar-refractivity contribution in [3.05, 3.63) is 28.3 Å². The average Bonchev–Trinajstić information content (AvgIpc) is 2.75. The van der Waals surface area contributed by atoms with Crippen molar-refractivity contribution in [3.8, 4) is 11.5 Å². The Balaban J connectivity index is 2.03. The number of hydrogen-bond acceptors (Lipinski definition) is 6. The van der Waals surface area contributed by atoms with Crippen molar-refractivity contribution in [2.45, 2.75) is 52.1 Å². The molecule has 0 unspecified atom stereocenters. The van der Waals surface area contributed by atoms with Gasteiger partial charge in [-0.3, -0.25) is 15.0 Å². The van der Waals surface area contributed by atoms with E-state index in [4.69, 9.17) is 14.2 Å². The Kier molecular flexibility index (Phi) is 6.97. The van der Waals surface area contributed by atoms with Crippen LogP contribution in [0.1, 0.15) is 45.4 Å². The molecule has 2 atom stereocenters. The van der Waals surface area contributed by atoms with Crippen LogP contribution in [0, 0.1) is 11.8 Å². The summed E-state index contributed by atoms with van der Waals surface area (Å²) in [6.45, 7) is 4.09. The van der Waals surface area contributed by atoms with Crippen molar-refractivity contribution >= 4 is 16.8 Å². The zero-order valence-corrected chi connectivity index (χ0v) is 18.4. The van der Waals surface area contributed by atoms with Crippen LogP contribution in [0.25, 0.3) is 10.9 Å². The molecule has 30 heavy (non-hydrogen) atoms. The van der Waals surface area contributed by atoms with E-state index in [0.717, 1.165) is 19.3 Å². The number of fused-ring (bicyclic) bond motifs is 1. The maximum absolute atomic E-state index is 13.3. The van der Waals surface area contributed by atoms with Gasteiger partial charge in [0.05, 0.1) is 31.2 Å².